The minimum Gasteiger partial charge on any atom is -0.477 e. The number of sulfonamides is 1. The predicted molar refractivity (Wildman–Crippen MR) is 77.5 cm³/mol. The Hall–Kier alpha value is -2.20. The summed E-state index contributed by atoms with van der Waals surface area (Å²) in [6.07, 6.45) is 2.36. The van der Waals surface area contributed by atoms with Crippen molar-refractivity contribution >= 4 is 16.0 Å². The highest BCUT2D eigenvalue weighted by molar-refractivity contribution is 7.89. The Bertz CT molecular complexity index is 817. The number of rotatable bonds is 4. The van der Waals surface area contributed by atoms with Crippen molar-refractivity contribution in [1.29, 1.82) is 0 Å². The predicted octanol–water partition coefficient (Wildman–Crippen LogP) is 0.973. The van der Waals surface area contributed by atoms with E-state index in [1.165, 1.54) is 10.5 Å². The number of hydrogen-bond donors (Lipinski definition) is 2. The van der Waals surface area contributed by atoms with Gasteiger partial charge in [0.1, 0.15) is 10.6 Å². The standard InChI is InChI=1S/C13H16N4O5S/c1-8-15-12(22-16-8)9-2-4-17(5-3-9)23(20,21)10-6-11(13(18)19)14-7-10/h6-7,9,14H,2-5H2,1H3,(H,18,19). The average molecular weight is 340 g/mol. The molecule has 0 bridgehead atoms. The van der Waals surface area contributed by atoms with E-state index < -0.39 is 16.0 Å². The van der Waals surface area contributed by atoms with Gasteiger partial charge in [-0.25, -0.2) is 13.2 Å². The lowest BCUT2D eigenvalue weighted by molar-refractivity contribution is 0.0691. The van der Waals surface area contributed by atoms with Gasteiger partial charge in [0.25, 0.3) is 0 Å². The van der Waals surface area contributed by atoms with E-state index in [9.17, 15) is 13.2 Å². The second-order valence-corrected chi connectivity index (χ2v) is 7.35. The molecule has 2 aromatic heterocycles. The first kappa shape index (κ1) is 15.7. The maximum Gasteiger partial charge on any atom is 0.352 e. The number of hydrogen-bond acceptors (Lipinski definition) is 6. The number of carboxylic acid groups (broad SMARTS) is 1. The lowest BCUT2D eigenvalue weighted by Gasteiger charge is -2.29. The van der Waals surface area contributed by atoms with E-state index in [-0.39, 0.29) is 16.5 Å². The van der Waals surface area contributed by atoms with Crippen LogP contribution >= 0.6 is 0 Å². The van der Waals surface area contributed by atoms with Crippen molar-refractivity contribution < 1.29 is 22.8 Å². The highest BCUT2D eigenvalue weighted by atomic mass is 32.2. The highest BCUT2D eigenvalue weighted by Gasteiger charge is 2.32. The molecule has 1 aliphatic heterocycles. The van der Waals surface area contributed by atoms with Gasteiger partial charge < -0.3 is 14.6 Å². The second-order valence-electron chi connectivity index (χ2n) is 5.41. The fourth-order valence-corrected chi connectivity index (χ4v) is 4.08. The van der Waals surface area contributed by atoms with Gasteiger partial charge in [-0.3, -0.25) is 0 Å². The molecule has 1 saturated heterocycles. The summed E-state index contributed by atoms with van der Waals surface area (Å²) in [6, 6.07) is 1.13. The SMILES string of the molecule is Cc1noc(C2CCN(S(=O)(=O)c3c[nH]c(C(=O)O)c3)CC2)n1. The second kappa shape index (κ2) is 5.78. The van der Waals surface area contributed by atoms with Gasteiger partial charge in [0.05, 0.1) is 0 Å². The molecule has 2 N–H and O–H groups in total. The number of carboxylic acids is 1. The Morgan fingerprint density at radius 1 is 1.43 bits per heavy atom. The van der Waals surface area contributed by atoms with Crippen molar-refractivity contribution in [3.63, 3.8) is 0 Å². The van der Waals surface area contributed by atoms with E-state index in [4.69, 9.17) is 9.63 Å². The van der Waals surface area contributed by atoms with Crippen LogP contribution in [0.3, 0.4) is 0 Å². The molecule has 9 nitrogen and oxygen atoms in total. The number of piperidine rings is 1. The van der Waals surface area contributed by atoms with Crippen LogP contribution in [0.5, 0.6) is 0 Å². The van der Waals surface area contributed by atoms with Gasteiger partial charge in [0, 0.05) is 25.2 Å². The molecule has 0 amide bonds. The largest absolute Gasteiger partial charge is 0.477 e. The molecule has 1 fully saturated rings. The number of H-pyrrole nitrogens is 1. The normalized spacial score (nSPS) is 17.4. The van der Waals surface area contributed by atoms with Gasteiger partial charge >= 0.3 is 5.97 Å². The van der Waals surface area contributed by atoms with Gasteiger partial charge in [-0.15, -0.1) is 0 Å². The number of nitrogens with one attached hydrogen (secondary N) is 1. The van der Waals surface area contributed by atoms with Crippen LogP contribution in [-0.4, -0.2) is 52.0 Å². The minimum absolute atomic E-state index is 0.0398. The van der Waals surface area contributed by atoms with E-state index in [2.05, 4.69) is 15.1 Å². The van der Waals surface area contributed by atoms with Crippen LogP contribution in [0.2, 0.25) is 0 Å². The van der Waals surface area contributed by atoms with Gasteiger partial charge in [-0.05, 0) is 25.8 Å². The number of aromatic nitrogens is 3. The van der Waals surface area contributed by atoms with Crippen LogP contribution in [0.4, 0.5) is 0 Å². The molecule has 1 aliphatic rings. The van der Waals surface area contributed by atoms with E-state index in [1.54, 1.807) is 6.92 Å². The smallest absolute Gasteiger partial charge is 0.352 e. The zero-order valence-corrected chi connectivity index (χ0v) is 13.2. The summed E-state index contributed by atoms with van der Waals surface area (Å²) < 4.78 is 31.6. The molecule has 0 saturated carbocycles. The third-order valence-electron chi connectivity index (χ3n) is 3.87. The molecule has 2 aromatic rings. The van der Waals surface area contributed by atoms with E-state index in [1.807, 2.05) is 0 Å². The van der Waals surface area contributed by atoms with Crippen LogP contribution in [0.25, 0.3) is 0 Å². The van der Waals surface area contributed by atoms with Crippen LogP contribution in [0.15, 0.2) is 21.7 Å². The molecule has 0 radical (unpaired) electrons. The topological polar surface area (TPSA) is 129 Å². The fourth-order valence-electron chi connectivity index (χ4n) is 2.62. The summed E-state index contributed by atoms with van der Waals surface area (Å²) in [7, 11) is -3.70. The van der Waals surface area contributed by atoms with E-state index in [0.29, 0.717) is 37.6 Å². The molecular weight excluding hydrogens is 324 g/mol. The zero-order valence-electron chi connectivity index (χ0n) is 12.4. The summed E-state index contributed by atoms with van der Waals surface area (Å²) in [4.78, 5) is 17.5. The zero-order chi connectivity index (χ0) is 16.6. The van der Waals surface area contributed by atoms with E-state index >= 15 is 0 Å². The third-order valence-corrected chi connectivity index (χ3v) is 5.75. The summed E-state index contributed by atoms with van der Waals surface area (Å²) in [5.74, 6) is -0.0571. The Kier molecular flexibility index (Phi) is 3.94. The Morgan fingerprint density at radius 2 is 2.13 bits per heavy atom. The fraction of sp³-hybridized carbons (Fsp3) is 0.462. The van der Waals surface area contributed by atoms with Gasteiger partial charge in [0.2, 0.25) is 15.9 Å². The molecule has 3 heterocycles. The molecule has 23 heavy (non-hydrogen) atoms. The molecule has 10 heteroatoms. The quantitative estimate of drug-likeness (QED) is 0.848. The van der Waals surface area contributed by atoms with Crippen molar-refractivity contribution in [2.45, 2.75) is 30.6 Å². The molecule has 0 unspecified atom stereocenters. The first-order valence-electron chi connectivity index (χ1n) is 7.10. The number of carbonyl (C=O) groups is 1. The van der Waals surface area contributed by atoms with Crippen molar-refractivity contribution in [1.82, 2.24) is 19.4 Å². The van der Waals surface area contributed by atoms with Crippen molar-refractivity contribution in [3.05, 3.63) is 29.7 Å². The lowest BCUT2D eigenvalue weighted by Crippen LogP contribution is -2.37. The van der Waals surface area contributed by atoms with Crippen molar-refractivity contribution in [3.8, 4) is 0 Å². The molecule has 124 valence electrons. The van der Waals surface area contributed by atoms with Crippen LogP contribution in [0.1, 0.15) is 41.0 Å². The summed E-state index contributed by atoms with van der Waals surface area (Å²) in [5, 5.41) is 12.6. The first-order valence-corrected chi connectivity index (χ1v) is 8.54. The van der Waals surface area contributed by atoms with Crippen LogP contribution < -0.4 is 0 Å². The number of aromatic carboxylic acids is 1. The maximum atomic E-state index is 12.5. The highest BCUT2D eigenvalue weighted by Crippen LogP contribution is 2.29. The monoisotopic (exact) mass is 340 g/mol. The summed E-state index contributed by atoms with van der Waals surface area (Å²) >= 11 is 0. The molecular formula is C13H16N4O5S. The average Bonchev–Trinajstić information content (AvgIpc) is 3.16. The van der Waals surface area contributed by atoms with Gasteiger partial charge in [-0.1, -0.05) is 5.16 Å². The maximum absolute atomic E-state index is 12.5. The Labute approximate surface area is 132 Å². The van der Waals surface area contributed by atoms with Crippen LogP contribution in [-0.2, 0) is 10.0 Å². The number of aromatic amines is 1. The number of aryl methyl sites for hydroxylation is 1. The first-order chi connectivity index (χ1) is 10.9. The molecule has 3 rings (SSSR count). The molecule has 0 atom stereocenters. The van der Waals surface area contributed by atoms with E-state index in [0.717, 1.165) is 6.07 Å². The Morgan fingerprint density at radius 3 is 2.65 bits per heavy atom. The molecule has 0 spiro atoms. The molecule has 0 aliphatic carbocycles. The molecule has 0 aromatic carbocycles. The summed E-state index contributed by atoms with van der Waals surface area (Å²) in [6.45, 7) is 2.38. The van der Waals surface area contributed by atoms with Crippen molar-refractivity contribution in [2.75, 3.05) is 13.1 Å². The van der Waals surface area contributed by atoms with Gasteiger partial charge in [0.15, 0.2) is 5.82 Å². The third kappa shape index (κ3) is 2.99. The number of nitrogens with zero attached hydrogens (tertiary/aromatic N) is 3. The minimum atomic E-state index is -3.70. The van der Waals surface area contributed by atoms with Gasteiger partial charge in [-0.2, -0.15) is 9.29 Å². The Balaban J connectivity index is 1.71. The lowest BCUT2D eigenvalue weighted by atomic mass is 9.98. The summed E-state index contributed by atoms with van der Waals surface area (Å²) in [5.41, 5.74) is -0.153. The van der Waals surface area contributed by atoms with Crippen molar-refractivity contribution in [2.24, 2.45) is 0 Å². The van der Waals surface area contributed by atoms with Crippen LogP contribution in [0, 0.1) is 6.92 Å².